The summed E-state index contributed by atoms with van der Waals surface area (Å²) in [5.74, 6) is -2.31. The van der Waals surface area contributed by atoms with Crippen LogP contribution in [0.25, 0.3) is 0 Å². The molecule has 0 bridgehead atoms. The van der Waals surface area contributed by atoms with Crippen LogP contribution in [0.1, 0.15) is 18.9 Å². The van der Waals surface area contributed by atoms with Crippen molar-refractivity contribution in [1.82, 2.24) is 4.72 Å². The van der Waals surface area contributed by atoms with Gasteiger partial charge < -0.3 is 4.74 Å². The Morgan fingerprint density at radius 2 is 1.75 bits per heavy atom. The van der Waals surface area contributed by atoms with E-state index in [4.69, 9.17) is 4.74 Å². The van der Waals surface area contributed by atoms with E-state index in [1.54, 1.807) is 0 Å². The minimum atomic E-state index is -4.00. The summed E-state index contributed by atoms with van der Waals surface area (Å²) in [6.07, 6.45) is 0.522. The summed E-state index contributed by atoms with van der Waals surface area (Å²) >= 11 is 0. The zero-order valence-corrected chi connectivity index (χ0v) is 14.2. The molecule has 0 aliphatic heterocycles. The number of nitrogens with one attached hydrogen (secondary N) is 1. The third kappa shape index (κ3) is 3.80. The van der Waals surface area contributed by atoms with Gasteiger partial charge in [-0.2, -0.15) is 0 Å². The summed E-state index contributed by atoms with van der Waals surface area (Å²) in [4.78, 5) is -0.337. The molecule has 0 amide bonds. The Kier molecular flexibility index (Phi) is 5.69. The van der Waals surface area contributed by atoms with Gasteiger partial charge in [-0.05, 0) is 30.2 Å². The molecule has 0 saturated carbocycles. The molecule has 0 heterocycles. The molecule has 0 aliphatic rings. The SMILES string of the molecule is CCC(CNS(=O)(=O)c1ccc(F)c(F)c1)(OC)c1ccccc1. The van der Waals surface area contributed by atoms with Crippen molar-refractivity contribution in [3.8, 4) is 0 Å². The van der Waals surface area contributed by atoms with E-state index in [9.17, 15) is 17.2 Å². The summed E-state index contributed by atoms with van der Waals surface area (Å²) in [6, 6.07) is 11.7. The van der Waals surface area contributed by atoms with Crippen LogP contribution < -0.4 is 4.72 Å². The van der Waals surface area contributed by atoms with Crippen LogP contribution in [0, 0.1) is 11.6 Å². The topological polar surface area (TPSA) is 55.4 Å². The predicted molar refractivity (Wildman–Crippen MR) is 87.0 cm³/mol. The van der Waals surface area contributed by atoms with E-state index in [0.717, 1.165) is 17.7 Å². The number of halogens is 2. The summed E-state index contributed by atoms with van der Waals surface area (Å²) < 4.78 is 59.0. The fourth-order valence-electron chi connectivity index (χ4n) is 2.45. The highest BCUT2D eigenvalue weighted by Gasteiger charge is 2.32. The molecular weight excluding hydrogens is 336 g/mol. The van der Waals surface area contributed by atoms with Gasteiger partial charge in [-0.3, -0.25) is 0 Å². The number of ether oxygens (including phenoxy) is 1. The van der Waals surface area contributed by atoms with Crippen molar-refractivity contribution >= 4 is 10.0 Å². The quantitative estimate of drug-likeness (QED) is 0.830. The normalized spacial score (nSPS) is 14.3. The van der Waals surface area contributed by atoms with Crippen LogP contribution in [-0.4, -0.2) is 22.1 Å². The van der Waals surface area contributed by atoms with Crippen LogP contribution >= 0.6 is 0 Å². The van der Waals surface area contributed by atoms with Crippen molar-refractivity contribution < 1.29 is 21.9 Å². The maximum absolute atomic E-state index is 13.3. The second-order valence-electron chi connectivity index (χ2n) is 5.32. The van der Waals surface area contributed by atoms with E-state index in [1.165, 1.54) is 7.11 Å². The van der Waals surface area contributed by atoms with E-state index in [2.05, 4.69) is 4.72 Å². The van der Waals surface area contributed by atoms with E-state index in [0.29, 0.717) is 12.5 Å². The number of benzene rings is 2. The number of sulfonamides is 1. The fraction of sp³-hybridized carbons (Fsp3) is 0.294. The fourth-order valence-corrected chi connectivity index (χ4v) is 3.54. The van der Waals surface area contributed by atoms with Crippen molar-refractivity contribution in [2.24, 2.45) is 0 Å². The van der Waals surface area contributed by atoms with E-state index >= 15 is 0 Å². The molecule has 1 N–H and O–H groups in total. The van der Waals surface area contributed by atoms with Crippen molar-refractivity contribution in [3.05, 3.63) is 65.7 Å². The Balaban J connectivity index is 2.27. The van der Waals surface area contributed by atoms with Crippen LogP contribution in [0.5, 0.6) is 0 Å². The highest BCUT2D eigenvalue weighted by molar-refractivity contribution is 7.89. The average molecular weight is 355 g/mol. The van der Waals surface area contributed by atoms with E-state index in [-0.39, 0.29) is 11.4 Å². The third-order valence-corrected chi connectivity index (χ3v) is 5.41. The van der Waals surface area contributed by atoms with Gasteiger partial charge in [0.1, 0.15) is 5.60 Å². The van der Waals surface area contributed by atoms with Gasteiger partial charge in [-0.15, -0.1) is 0 Å². The Morgan fingerprint density at radius 3 is 2.29 bits per heavy atom. The standard InChI is InChI=1S/C17H19F2NO3S/c1-3-17(23-2,13-7-5-4-6-8-13)12-20-24(21,22)14-9-10-15(18)16(19)11-14/h4-11,20H,3,12H2,1-2H3. The first-order chi connectivity index (χ1) is 11.3. The minimum absolute atomic E-state index is 0.0364. The van der Waals surface area contributed by atoms with Crippen LogP contribution in [0.3, 0.4) is 0 Å². The Morgan fingerprint density at radius 1 is 1.08 bits per heavy atom. The van der Waals surface area contributed by atoms with Gasteiger partial charge >= 0.3 is 0 Å². The van der Waals surface area contributed by atoms with Gasteiger partial charge in [-0.25, -0.2) is 21.9 Å². The van der Waals surface area contributed by atoms with Crippen molar-refractivity contribution in [3.63, 3.8) is 0 Å². The zero-order valence-electron chi connectivity index (χ0n) is 13.4. The lowest BCUT2D eigenvalue weighted by Gasteiger charge is -2.32. The van der Waals surface area contributed by atoms with Crippen LogP contribution in [0.2, 0.25) is 0 Å². The minimum Gasteiger partial charge on any atom is -0.372 e. The molecule has 7 heteroatoms. The van der Waals surface area contributed by atoms with Gasteiger partial charge in [0.05, 0.1) is 4.90 Å². The summed E-state index contributed by atoms with van der Waals surface area (Å²) in [5.41, 5.74) is -0.0321. The van der Waals surface area contributed by atoms with Crippen molar-refractivity contribution in [1.29, 1.82) is 0 Å². The highest BCUT2D eigenvalue weighted by atomic mass is 32.2. The first kappa shape index (κ1) is 18.5. The van der Waals surface area contributed by atoms with Crippen LogP contribution in [-0.2, 0) is 20.4 Å². The molecule has 2 aromatic rings. The second-order valence-corrected chi connectivity index (χ2v) is 7.09. The van der Waals surface area contributed by atoms with Crippen LogP contribution in [0.15, 0.2) is 53.4 Å². The van der Waals surface area contributed by atoms with Gasteiger partial charge in [-0.1, -0.05) is 37.3 Å². The van der Waals surface area contributed by atoms with E-state index < -0.39 is 27.3 Å². The Bertz CT molecular complexity index is 791. The molecule has 1 atom stereocenters. The predicted octanol–water partition coefficient (Wildman–Crippen LogP) is 3.20. The zero-order chi connectivity index (χ0) is 17.8. The largest absolute Gasteiger partial charge is 0.372 e. The lowest BCUT2D eigenvalue weighted by atomic mass is 9.91. The molecule has 1 unspecified atom stereocenters. The molecule has 2 aromatic carbocycles. The second kappa shape index (κ2) is 7.38. The molecule has 24 heavy (non-hydrogen) atoms. The Hall–Kier alpha value is -1.83. The lowest BCUT2D eigenvalue weighted by molar-refractivity contribution is -0.0133. The Labute approximate surface area is 140 Å². The number of rotatable bonds is 7. The lowest BCUT2D eigenvalue weighted by Crippen LogP contribution is -2.41. The molecule has 0 aliphatic carbocycles. The molecule has 0 aromatic heterocycles. The van der Waals surface area contributed by atoms with Gasteiger partial charge in [0, 0.05) is 13.7 Å². The maximum atomic E-state index is 13.3. The van der Waals surface area contributed by atoms with Gasteiger partial charge in [0.2, 0.25) is 10.0 Å². The van der Waals surface area contributed by atoms with Crippen molar-refractivity contribution in [2.45, 2.75) is 23.8 Å². The highest BCUT2D eigenvalue weighted by Crippen LogP contribution is 2.28. The van der Waals surface area contributed by atoms with Crippen LogP contribution in [0.4, 0.5) is 8.78 Å². The number of hydrogen-bond donors (Lipinski definition) is 1. The first-order valence-electron chi connectivity index (χ1n) is 7.40. The summed E-state index contributed by atoms with van der Waals surface area (Å²) in [5, 5.41) is 0. The molecule has 0 spiro atoms. The maximum Gasteiger partial charge on any atom is 0.240 e. The smallest absolute Gasteiger partial charge is 0.240 e. The molecule has 0 radical (unpaired) electrons. The first-order valence-corrected chi connectivity index (χ1v) is 8.88. The molecular formula is C17H19F2NO3S. The monoisotopic (exact) mass is 355 g/mol. The third-order valence-electron chi connectivity index (χ3n) is 4.01. The summed E-state index contributed by atoms with van der Waals surface area (Å²) in [6.45, 7) is 1.84. The average Bonchev–Trinajstić information content (AvgIpc) is 2.59. The molecule has 0 saturated heterocycles. The number of methoxy groups -OCH3 is 1. The number of hydrogen-bond acceptors (Lipinski definition) is 3. The van der Waals surface area contributed by atoms with Gasteiger partial charge in [0.15, 0.2) is 11.6 Å². The van der Waals surface area contributed by atoms with Gasteiger partial charge in [0.25, 0.3) is 0 Å². The molecule has 0 fully saturated rings. The molecule has 2 rings (SSSR count). The van der Waals surface area contributed by atoms with Crippen molar-refractivity contribution in [2.75, 3.05) is 13.7 Å². The van der Waals surface area contributed by atoms with E-state index in [1.807, 2.05) is 37.3 Å². The summed E-state index contributed by atoms with van der Waals surface area (Å²) in [7, 11) is -2.50. The molecule has 130 valence electrons. The molecule has 4 nitrogen and oxygen atoms in total.